The van der Waals surface area contributed by atoms with Gasteiger partial charge in [0.25, 0.3) is 10.1 Å². The van der Waals surface area contributed by atoms with Crippen LogP contribution in [0.1, 0.15) is 30.0 Å². The fourth-order valence-electron chi connectivity index (χ4n) is 2.68. The molecule has 0 radical (unpaired) electrons. The fourth-order valence-corrected chi connectivity index (χ4v) is 3.19. The number of nitrogens with one attached hydrogen (secondary N) is 1. The number of fused-ring (bicyclic) bond motifs is 1. The van der Waals surface area contributed by atoms with Crippen LogP contribution in [0.15, 0.2) is 12.1 Å². The van der Waals surface area contributed by atoms with Crippen molar-refractivity contribution in [3.05, 3.63) is 23.3 Å². The van der Waals surface area contributed by atoms with Gasteiger partial charge in [0.15, 0.2) is 11.5 Å². The van der Waals surface area contributed by atoms with Gasteiger partial charge in [-0.1, -0.05) is 0 Å². The number of benzene rings is 1. The lowest BCUT2D eigenvalue weighted by atomic mass is 10.1. The van der Waals surface area contributed by atoms with Crippen LogP contribution in [0.4, 0.5) is 0 Å². The molecule has 1 aliphatic carbocycles. The van der Waals surface area contributed by atoms with Gasteiger partial charge in [0.2, 0.25) is 0 Å². The summed E-state index contributed by atoms with van der Waals surface area (Å²) in [6.07, 6.45) is 2.29. The van der Waals surface area contributed by atoms with Gasteiger partial charge in [-0.2, -0.15) is 8.42 Å². The average Bonchev–Trinajstić information content (AvgIpc) is 2.83. The maximum Gasteiger partial charge on any atom is 0.264 e. The first-order valence-electron chi connectivity index (χ1n) is 6.88. The van der Waals surface area contributed by atoms with Gasteiger partial charge in [-0.25, -0.2) is 0 Å². The highest BCUT2D eigenvalue weighted by Crippen LogP contribution is 2.39. The topological polar surface area (TPSA) is 84.9 Å². The second-order valence-electron chi connectivity index (χ2n) is 5.09. The normalized spacial score (nSPS) is 17.6. The van der Waals surface area contributed by atoms with E-state index in [4.69, 9.17) is 14.0 Å². The van der Waals surface area contributed by atoms with Gasteiger partial charge in [0, 0.05) is 6.04 Å². The molecule has 0 aliphatic heterocycles. The molecule has 1 unspecified atom stereocenters. The minimum Gasteiger partial charge on any atom is -0.493 e. The van der Waals surface area contributed by atoms with Crippen molar-refractivity contribution in [2.45, 2.75) is 25.3 Å². The molecule has 0 saturated carbocycles. The van der Waals surface area contributed by atoms with Gasteiger partial charge >= 0.3 is 0 Å². The molecule has 0 fully saturated rings. The third kappa shape index (κ3) is 4.09. The van der Waals surface area contributed by atoms with Crippen LogP contribution < -0.4 is 14.8 Å². The third-order valence-electron chi connectivity index (χ3n) is 3.69. The largest absolute Gasteiger partial charge is 0.493 e. The predicted molar refractivity (Wildman–Crippen MR) is 79.6 cm³/mol. The maximum atomic E-state index is 10.7. The van der Waals surface area contributed by atoms with Crippen molar-refractivity contribution < 1.29 is 22.4 Å². The molecule has 0 spiro atoms. The zero-order chi connectivity index (χ0) is 15.5. The SMILES string of the molecule is COc1cc2c(cc1OC)C(NCCCS(=O)(=O)O)CC2. The average molecular weight is 315 g/mol. The van der Waals surface area contributed by atoms with Crippen molar-refractivity contribution in [2.24, 2.45) is 0 Å². The van der Waals surface area contributed by atoms with Gasteiger partial charge in [0.1, 0.15) is 0 Å². The second kappa shape index (κ2) is 6.64. The smallest absolute Gasteiger partial charge is 0.264 e. The van der Waals surface area contributed by atoms with Crippen LogP contribution in [0.25, 0.3) is 0 Å². The van der Waals surface area contributed by atoms with Crippen LogP contribution in [0.2, 0.25) is 0 Å². The van der Waals surface area contributed by atoms with Crippen LogP contribution in [0, 0.1) is 0 Å². The highest BCUT2D eigenvalue weighted by Gasteiger charge is 2.24. The zero-order valence-electron chi connectivity index (χ0n) is 12.3. The molecule has 0 aromatic heterocycles. The monoisotopic (exact) mass is 315 g/mol. The van der Waals surface area contributed by atoms with Crippen molar-refractivity contribution in [3.8, 4) is 11.5 Å². The minimum atomic E-state index is -3.88. The van der Waals surface area contributed by atoms with E-state index in [0.29, 0.717) is 18.7 Å². The first-order valence-corrected chi connectivity index (χ1v) is 8.49. The first kappa shape index (κ1) is 16.1. The van der Waals surface area contributed by atoms with Crippen LogP contribution in [0.5, 0.6) is 11.5 Å². The van der Waals surface area contributed by atoms with Gasteiger partial charge in [-0.3, -0.25) is 4.55 Å². The Morgan fingerprint density at radius 2 is 1.95 bits per heavy atom. The number of hydrogen-bond acceptors (Lipinski definition) is 5. The van der Waals surface area contributed by atoms with Crippen LogP contribution in [-0.2, 0) is 16.5 Å². The number of rotatable bonds is 7. The van der Waals surface area contributed by atoms with E-state index in [9.17, 15) is 8.42 Å². The number of ether oxygens (including phenoxy) is 2. The highest BCUT2D eigenvalue weighted by atomic mass is 32.2. The maximum absolute atomic E-state index is 10.7. The molecule has 1 aromatic rings. The Morgan fingerprint density at radius 3 is 2.57 bits per heavy atom. The van der Waals surface area contributed by atoms with Crippen LogP contribution in [0.3, 0.4) is 0 Å². The summed E-state index contributed by atoms with van der Waals surface area (Å²) in [6.45, 7) is 0.540. The van der Waals surface area contributed by atoms with E-state index in [1.54, 1.807) is 14.2 Å². The fraction of sp³-hybridized carbons (Fsp3) is 0.571. The number of hydrogen-bond donors (Lipinski definition) is 2. The predicted octanol–water partition coefficient (Wildman–Crippen LogP) is 1.56. The van der Waals surface area contributed by atoms with Gasteiger partial charge in [0.05, 0.1) is 20.0 Å². The number of aryl methyl sites for hydroxylation is 1. The van der Waals surface area contributed by atoms with Crippen LogP contribution >= 0.6 is 0 Å². The van der Waals surface area contributed by atoms with E-state index in [-0.39, 0.29) is 11.8 Å². The van der Waals surface area contributed by atoms with Crippen molar-refractivity contribution in [1.29, 1.82) is 0 Å². The summed E-state index contributed by atoms with van der Waals surface area (Å²) < 4.78 is 40.7. The molecule has 7 heteroatoms. The Bertz CT molecular complexity index is 600. The zero-order valence-corrected chi connectivity index (χ0v) is 13.1. The summed E-state index contributed by atoms with van der Waals surface area (Å²) in [6, 6.07) is 4.15. The van der Waals surface area contributed by atoms with Gasteiger partial charge in [-0.05, 0) is 49.1 Å². The van der Waals surface area contributed by atoms with E-state index in [1.807, 2.05) is 12.1 Å². The Balaban J connectivity index is 2.01. The lowest BCUT2D eigenvalue weighted by Crippen LogP contribution is -2.22. The Kier molecular flexibility index (Phi) is 5.08. The first-order chi connectivity index (χ1) is 9.94. The molecule has 118 valence electrons. The summed E-state index contributed by atoms with van der Waals surface area (Å²) in [7, 11) is -0.656. The molecular weight excluding hydrogens is 294 g/mol. The molecule has 1 atom stereocenters. The van der Waals surface area contributed by atoms with E-state index < -0.39 is 10.1 Å². The van der Waals surface area contributed by atoms with Gasteiger partial charge < -0.3 is 14.8 Å². The molecule has 0 heterocycles. The van der Waals surface area contributed by atoms with E-state index in [1.165, 1.54) is 11.1 Å². The molecule has 0 bridgehead atoms. The molecule has 0 saturated heterocycles. The lowest BCUT2D eigenvalue weighted by molar-refractivity contribution is 0.354. The molecule has 1 aliphatic rings. The minimum absolute atomic E-state index is 0.182. The summed E-state index contributed by atoms with van der Waals surface area (Å²) in [4.78, 5) is 0. The third-order valence-corrected chi connectivity index (χ3v) is 4.50. The van der Waals surface area contributed by atoms with Crippen molar-refractivity contribution in [3.63, 3.8) is 0 Å². The highest BCUT2D eigenvalue weighted by molar-refractivity contribution is 7.85. The van der Waals surface area contributed by atoms with Crippen LogP contribution in [-0.4, -0.2) is 39.5 Å². The molecule has 6 nitrogen and oxygen atoms in total. The molecule has 1 aromatic carbocycles. The Labute approximate surface area is 125 Å². The summed E-state index contributed by atoms with van der Waals surface area (Å²) in [5.74, 6) is 1.21. The molecule has 21 heavy (non-hydrogen) atoms. The molecule has 2 rings (SSSR count). The summed E-state index contributed by atoms with van der Waals surface area (Å²) in [5.41, 5.74) is 2.39. The van der Waals surface area contributed by atoms with Gasteiger partial charge in [-0.15, -0.1) is 0 Å². The number of methoxy groups -OCH3 is 2. The van der Waals surface area contributed by atoms with Crippen molar-refractivity contribution >= 4 is 10.1 Å². The standard InChI is InChI=1S/C14H21NO5S/c1-19-13-8-10-4-5-12(11(10)9-14(13)20-2)15-6-3-7-21(16,17)18/h8-9,12,15H,3-7H2,1-2H3,(H,16,17,18). The van der Waals surface area contributed by atoms with E-state index in [2.05, 4.69) is 5.32 Å². The Morgan fingerprint density at radius 1 is 1.29 bits per heavy atom. The molecule has 0 amide bonds. The summed E-state index contributed by atoms with van der Waals surface area (Å²) in [5, 5.41) is 3.33. The van der Waals surface area contributed by atoms with E-state index in [0.717, 1.165) is 18.6 Å². The van der Waals surface area contributed by atoms with E-state index >= 15 is 0 Å². The quantitative estimate of drug-likeness (QED) is 0.587. The van der Waals surface area contributed by atoms with Crippen molar-refractivity contribution in [2.75, 3.05) is 26.5 Å². The molecule has 2 N–H and O–H groups in total. The Hall–Kier alpha value is -1.31. The lowest BCUT2D eigenvalue weighted by Gasteiger charge is -2.16. The van der Waals surface area contributed by atoms with Crippen molar-refractivity contribution in [1.82, 2.24) is 5.32 Å². The second-order valence-corrected chi connectivity index (χ2v) is 6.66. The summed E-state index contributed by atoms with van der Waals surface area (Å²) >= 11 is 0. The molecular formula is C14H21NO5S.